The topological polar surface area (TPSA) is 65.7 Å². The van der Waals surface area contributed by atoms with Gasteiger partial charge in [-0.2, -0.15) is 0 Å². The number of rotatable bonds is 8. The number of tetrazole rings is 1. The molecule has 0 saturated carbocycles. The van der Waals surface area contributed by atoms with Crippen LogP contribution in [0.3, 0.4) is 0 Å². The summed E-state index contributed by atoms with van der Waals surface area (Å²) in [6.07, 6.45) is 10.2. The first kappa shape index (κ1) is 21.9. The van der Waals surface area contributed by atoms with Gasteiger partial charge in [-0.1, -0.05) is 72.8 Å². The van der Waals surface area contributed by atoms with Crippen LogP contribution < -0.4 is 0 Å². The second kappa shape index (κ2) is 10.8. The first-order valence-corrected chi connectivity index (χ1v) is 10.7. The molecule has 4 rings (SSSR count). The number of hydrogen-bond donors (Lipinski definition) is 0. The lowest BCUT2D eigenvalue weighted by atomic mass is 9.93. The summed E-state index contributed by atoms with van der Waals surface area (Å²) in [5.41, 5.74) is 5.24. The monoisotopic (exact) mass is 435 g/mol. The van der Waals surface area contributed by atoms with Gasteiger partial charge in [0.2, 0.25) is 5.82 Å². The van der Waals surface area contributed by atoms with Crippen molar-refractivity contribution < 1.29 is 4.74 Å². The summed E-state index contributed by atoms with van der Waals surface area (Å²) in [7, 11) is 1.66. The largest absolute Gasteiger partial charge is 0.496 e. The number of aromatic nitrogens is 5. The smallest absolute Gasteiger partial charge is 0.223 e. The number of nitrogens with zero attached hydrogens (tertiary/aromatic N) is 5. The lowest BCUT2D eigenvalue weighted by Crippen LogP contribution is -1.99. The number of hydrogen-bond acceptors (Lipinski definition) is 5. The fourth-order valence-electron chi connectivity index (χ4n) is 3.51. The SMILES string of the molecule is C\C=C/C(=C(\C=C\n1nnc(-c2ccccn2)n1)OC)c1ccccc1Cc1ccccc1. The van der Waals surface area contributed by atoms with Gasteiger partial charge in [0.25, 0.3) is 0 Å². The van der Waals surface area contributed by atoms with E-state index in [-0.39, 0.29) is 0 Å². The number of benzene rings is 2. The van der Waals surface area contributed by atoms with Gasteiger partial charge in [-0.05, 0) is 47.4 Å². The Bertz CT molecular complexity index is 1270. The van der Waals surface area contributed by atoms with Gasteiger partial charge in [-0.25, -0.2) is 0 Å². The summed E-state index contributed by atoms with van der Waals surface area (Å²) >= 11 is 0. The van der Waals surface area contributed by atoms with E-state index in [4.69, 9.17) is 4.74 Å². The zero-order valence-corrected chi connectivity index (χ0v) is 18.7. The van der Waals surface area contributed by atoms with E-state index in [2.05, 4.69) is 68.9 Å². The molecule has 164 valence electrons. The zero-order valence-electron chi connectivity index (χ0n) is 18.7. The van der Waals surface area contributed by atoms with E-state index in [1.165, 1.54) is 15.9 Å². The molecule has 0 atom stereocenters. The molecule has 0 aliphatic heterocycles. The summed E-state index contributed by atoms with van der Waals surface area (Å²) in [6, 6.07) is 24.4. The van der Waals surface area contributed by atoms with E-state index >= 15 is 0 Å². The molecule has 0 radical (unpaired) electrons. The van der Waals surface area contributed by atoms with E-state index in [1.54, 1.807) is 19.5 Å². The van der Waals surface area contributed by atoms with Gasteiger partial charge in [0.05, 0.1) is 13.3 Å². The number of methoxy groups -OCH3 is 1. The van der Waals surface area contributed by atoms with Crippen molar-refractivity contribution in [3.8, 4) is 11.5 Å². The molecule has 0 aliphatic carbocycles. The van der Waals surface area contributed by atoms with Crippen molar-refractivity contribution in [3.63, 3.8) is 0 Å². The standard InChI is InChI=1S/C27H25N5O/c1-3-11-24(23-15-8-7-14-22(23)20-21-12-5-4-6-13-21)26(33-2)17-19-32-30-27(29-31-32)25-16-9-10-18-28-25/h3-19H,20H2,1-2H3/b11-3-,19-17+,26-24-. The van der Waals surface area contributed by atoms with Crippen LogP contribution in [-0.2, 0) is 11.2 Å². The number of pyridine rings is 1. The highest BCUT2D eigenvalue weighted by Crippen LogP contribution is 2.27. The second-order valence-electron chi connectivity index (χ2n) is 7.27. The zero-order chi connectivity index (χ0) is 22.9. The summed E-state index contributed by atoms with van der Waals surface area (Å²) < 4.78 is 5.78. The van der Waals surface area contributed by atoms with Gasteiger partial charge < -0.3 is 4.74 Å². The molecule has 0 spiro atoms. The Morgan fingerprint density at radius 1 is 0.939 bits per heavy atom. The minimum Gasteiger partial charge on any atom is -0.496 e. The molecule has 0 unspecified atom stereocenters. The molecule has 0 bridgehead atoms. The highest BCUT2D eigenvalue weighted by Gasteiger charge is 2.11. The molecule has 33 heavy (non-hydrogen) atoms. The molecule has 0 N–H and O–H groups in total. The lowest BCUT2D eigenvalue weighted by molar-refractivity contribution is 0.309. The first-order valence-electron chi connectivity index (χ1n) is 10.7. The van der Waals surface area contributed by atoms with Crippen molar-refractivity contribution in [1.29, 1.82) is 0 Å². The average molecular weight is 436 g/mol. The summed E-state index contributed by atoms with van der Waals surface area (Å²) in [5, 5.41) is 12.6. The third-order valence-corrected chi connectivity index (χ3v) is 5.05. The van der Waals surface area contributed by atoms with Crippen molar-refractivity contribution in [2.45, 2.75) is 13.3 Å². The Balaban J connectivity index is 1.68. The van der Waals surface area contributed by atoms with Crippen LogP contribution in [0.2, 0.25) is 0 Å². The maximum Gasteiger partial charge on any atom is 0.223 e. The van der Waals surface area contributed by atoms with Crippen molar-refractivity contribution in [2.24, 2.45) is 0 Å². The van der Waals surface area contributed by atoms with Crippen molar-refractivity contribution in [2.75, 3.05) is 7.11 Å². The Kier molecular flexibility index (Phi) is 7.18. The lowest BCUT2D eigenvalue weighted by Gasteiger charge is -2.14. The summed E-state index contributed by atoms with van der Waals surface area (Å²) in [6.45, 7) is 1.99. The van der Waals surface area contributed by atoms with E-state index in [9.17, 15) is 0 Å². The van der Waals surface area contributed by atoms with Gasteiger partial charge in [0.15, 0.2) is 0 Å². The maximum atomic E-state index is 5.78. The van der Waals surface area contributed by atoms with Crippen molar-refractivity contribution >= 4 is 11.8 Å². The van der Waals surface area contributed by atoms with Crippen LogP contribution in [0.4, 0.5) is 0 Å². The Morgan fingerprint density at radius 3 is 2.48 bits per heavy atom. The highest BCUT2D eigenvalue weighted by molar-refractivity contribution is 5.79. The molecule has 4 aromatic rings. The van der Waals surface area contributed by atoms with Crippen molar-refractivity contribution in [3.05, 3.63) is 120 Å². The van der Waals surface area contributed by atoms with Crippen LogP contribution in [0, 0.1) is 0 Å². The summed E-state index contributed by atoms with van der Waals surface area (Å²) in [5.74, 6) is 1.16. The normalized spacial score (nSPS) is 12.3. The van der Waals surface area contributed by atoms with E-state index in [0.29, 0.717) is 17.3 Å². The quantitative estimate of drug-likeness (QED) is 0.273. The number of ether oxygens (including phenoxy) is 1. The molecular weight excluding hydrogens is 410 g/mol. The number of allylic oxidation sites excluding steroid dienone is 4. The van der Waals surface area contributed by atoms with Crippen LogP contribution in [0.25, 0.3) is 23.3 Å². The fourth-order valence-corrected chi connectivity index (χ4v) is 3.51. The van der Waals surface area contributed by atoms with Gasteiger partial charge in [-0.3, -0.25) is 4.98 Å². The Labute approximate surface area is 193 Å². The molecule has 0 aliphatic rings. The van der Waals surface area contributed by atoms with E-state index < -0.39 is 0 Å². The Hall–Kier alpha value is -4.32. The van der Waals surface area contributed by atoms with Crippen LogP contribution in [0.1, 0.15) is 23.6 Å². The van der Waals surface area contributed by atoms with Gasteiger partial charge in [0, 0.05) is 17.8 Å². The maximum absolute atomic E-state index is 5.78. The predicted octanol–water partition coefficient (Wildman–Crippen LogP) is 5.43. The molecule has 0 saturated heterocycles. The van der Waals surface area contributed by atoms with E-state index in [0.717, 1.165) is 17.6 Å². The van der Waals surface area contributed by atoms with Gasteiger partial charge in [0.1, 0.15) is 11.5 Å². The van der Waals surface area contributed by atoms with Crippen LogP contribution in [0.5, 0.6) is 0 Å². The van der Waals surface area contributed by atoms with Gasteiger partial charge in [-0.15, -0.1) is 15.0 Å². The minimum atomic E-state index is 0.463. The molecular formula is C27H25N5O. The van der Waals surface area contributed by atoms with Crippen LogP contribution >= 0.6 is 0 Å². The van der Waals surface area contributed by atoms with E-state index in [1.807, 2.05) is 49.4 Å². The molecule has 6 heteroatoms. The molecule has 0 fully saturated rings. The second-order valence-corrected chi connectivity index (χ2v) is 7.27. The highest BCUT2D eigenvalue weighted by atomic mass is 16.5. The van der Waals surface area contributed by atoms with Crippen LogP contribution in [-0.4, -0.2) is 32.3 Å². The molecule has 2 aromatic heterocycles. The molecule has 2 heterocycles. The van der Waals surface area contributed by atoms with Crippen molar-refractivity contribution in [1.82, 2.24) is 25.2 Å². The first-order chi connectivity index (χ1) is 16.3. The molecule has 0 amide bonds. The third-order valence-electron chi connectivity index (χ3n) is 5.05. The summed E-state index contributed by atoms with van der Waals surface area (Å²) in [4.78, 5) is 5.67. The van der Waals surface area contributed by atoms with Crippen LogP contribution in [0.15, 0.2) is 103 Å². The average Bonchev–Trinajstić information content (AvgIpc) is 3.34. The Morgan fingerprint density at radius 2 is 1.73 bits per heavy atom. The third kappa shape index (κ3) is 5.49. The molecule has 2 aromatic carbocycles. The molecule has 6 nitrogen and oxygen atoms in total. The minimum absolute atomic E-state index is 0.463. The predicted molar refractivity (Wildman–Crippen MR) is 131 cm³/mol. The van der Waals surface area contributed by atoms with Gasteiger partial charge >= 0.3 is 0 Å². The fraction of sp³-hybridized carbons (Fsp3) is 0.111.